The summed E-state index contributed by atoms with van der Waals surface area (Å²) in [6.07, 6.45) is 8.44. The van der Waals surface area contributed by atoms with Crippen molar-refractivity contribution in [2.24, 2.45) is 11.7 Å². The van der Waals surface area contributed by atoms with E-state index in [4.69, 9.17) is 5.73 Å². The topological polar surface area (TPSA) is 29.3 Å². The van der Waals surface area contributed by atoms with Crippen LogP contribution in [0, 0.1) is 5.92 Å². The molecule has 0 radical (unpaired) electrons. The highest BCUT2D eigenvalue weighted by atomic mass is 15.2. The van der Waals surface area contributed by atoms with Crippen LogP contribution in [0.2, 0.25) is 0 Å². The van der Waals surface area contributed by atoms with Gasteiger partial charge in [0, 0.05) is 18.6 Å². The van der Waals surface area contributed by atoms with Crippen LogP contribution in [0.3, 0.4) is 0 Å². The molecule has 2 fully saturated rings. The Hall–Kier alpha value is -0.0800. The Morgan fingerprint density at radius 1 is 1.21 bits per heavy atom. The van der Waals surface area contributed by atoms with Gasteiger partial charge < -0.3 is 5.73 Å². The maximum atomic E-state index is 5.92. The van der Waals surface area contributed by atoms with Crippen molar-refractivity contribution in [3.63, 3.8) is 0 Å². The Labute approximate surface area is 87.8 Å². The molecule has 0 aromatic carbocycles. The Morgan fingerprint density at radius 2 is 2.00 bits per heavy atom. The van der Waals surface area contributed by atoms with Crippen LogP contribution in [0.25, 0.3) is 0 Å². The monoisotopic (exact) mass is 196 g/mol. The minimum Gasteiger partial charge on any atom is -0.329 e. The van der Waals surface area contributed by atoms with Gasteiger partial charge in [0.1, 0.15) is 0 Å². The van der Waals surface area contributed by atoms with Gasteiger partial charge in [0.2, 0.25) is 0 Å². The van der Waals surface area contributed by atoms with E-state index in [1.807, 2.05) is 0 Å². The van der Waals surface area contributed by atoms with E-state index in [1.54, 1.807) is 0 Å². The van der Waals surface area contributed by atoms with Crippen LogP contribution in [-0.4, -0.2) is 30.1 Å². The number of hydrogen-bond acceptors (Lipinski definition) is 2. The molecule has 2 aliphatic rings. The minimum atomic E-state index is 0.697. The van der Waals surface area contributed by atoms with E-state index in [-0.39, 0.29) is 0 Å². The van der Waals surface area contributed by atoms with E-state index in [9.17, 15) is 0 Å². The third-order valence-corrected chi connectivity index (χ3v) is 3.94. The summed E-state index contributed by atoms with van der Waals surface area (Å²) in [5, 5.41) is 0. The molecule has 2 atom stereocenters. The maximum Gasteiger partial charge on any atom is 0.0249 e. The fourth-order valence-corrected chi connectivity index (χ4v) is 2.87. The second-order valence-electron chi connectivity index (χ2n) is 5.08. The lowest BCUT2D eigenvalue weighted by molar-refractivity contribution is 0.134. The molecule has 0 bridgehead atoms. The third kappa shape index (κ3) is 2.29. The average Bonchev–Trinajstić information content (AvgIpc) is 2.98. The SMILES string of the molecule is CC1CCCCCN1C(CN)C1CC1. The van der Waals surface area contributed by atoms with Crippen LogP contribution in [0.1, 0.15) is 45.4 Å². The zero-order chi connectivity index (χ0) is 9.97. The van der Waals surface area contributed by atoms with Crippen LogP contribution in [0.4, 0.5) is 0 Å². The molecule has 0 aromatic rings. The predicted octanol–water partition coefficient (Wildman–Crippen LogP) is 1.99. The molecule has 1 saturated carbocycles. The smallest absolute Gasteiger partial charge is 0.0249 e. The number of nitrogens with two attached hydrogens (primary N) is 1. The van der Waals surface area contributed by atoms with Gasteiger partial charge in [-0.05, 0) is 45.1 Å². The van der Waals surface area contributed by atoms with Gasteiger partial charge in [-0.2, -0.15) is 0 Å². The van der Waals surface area contributed by atoms with Crippen molar-refractivity contribution in [1.82, 2.24) is 4.90 Å². The summed E-state index contributed by atoms with van der Waals surface area (Å²) in [5.41, 5.74) is 5.92. The number of rotatable bonds is 3. The molecule has 2 nitrogen and oxygen atoms in total. The van der Waals surface area contributed by atoms with Crippen molar-refractivity contribution < 1.29 is 0 Å². The van der Waals surface area contributed by atoms with E-state index in [0.29, 0.717) is 6.04 Å². The van der Waals surface area contributed by atoms with Gasteiger partial charge in [0.25, 0.3) is 0 Å². The van der Waals surface area contributed by atoms with Gasteiger partial charge in [-0.25, -0.2) is 0 Å². The minimum absolute atomic E-state index is 0.697. The molecule has 2 heteroatoms. The summed E-state index contributed by atoms with van der Waals surface area (Å²) in [7, 11) is 0. The molecule has 0 aromatic heterocycles. The fraction of sp³-hybridized carbons (Fsp3) is 1.00. The van der Waals surface area contributed by atoms with Gasteiger partial charge in [0.15, 0.2) is 0 Å². The van der Waals surface area contributed by atoms with E-state index in [1.165, 1.54) is 45.1 Å². The highest BCUT2D eigenvalue weighted by Gasteiger charge is 2.36. The molecule has 82 valence electrons. The molecule has 2 N–H and O–H groups in total. The Bertz CT molecular complexity index is 177. The standard InChI is InChI=1S/C12H24N2/c1-10-5-3-2-4-8-14(10)12(9-13)11-6-7-11/h10-12H,2-9,13H2,1H3. The molecular formula is C12H24N2. The summed E-state index contributed by atoms with van der Waals surface area (Å²) < 4.78 is 0. The third-order valence-electron chi connectivity index (χ3n) is 3.94. The highest BCUT2D eigenvalue weighted by Crippen LogP contribution is 2.36. The first-order valence-electron chi connectivity index (χ1n) is 6.28. The molecule has 1 heterocycles. The molecule has 0 amide bonds. The van der Waals surface area contributed by atoms with E-state index >= 15 is 0 Å². The lowest BCUT2D eigenvalue weighted by atomic mass is 10.1. The lowest BCUT2D eigenvalue weighted by Gasteiger charge is -2.34. The highest BCUT2D eigenvalue weighted by molar-refractivity contribution is 4.91. The van der Waals surface area contributed by atoms with Crippen LogP contribution in [0.5, 0.6) is 0 Å². The van der Waals surface area contributed by atoms with Gasteiger partial charge in [-0.15, -0.1) is 0 Å². The summed E-state index contributed by atoms with van der Waals surface area (Å²) in [6.45, 7) is 4.55. The summed E-state index contributed by atoms with van der Waals surface area (Å²) in [4.78, 5) is 2.70. The van der Waals surface area contributed by atoms with Crippen LogP contribution in [-0.2, 0) is 0 Å². The van der Waals surface area contributed by atoms with Crippen molar-refractivity contribution in [1.29, 1.82) is 0 Å². The summed E-state index contributed by atoms with van der Waals surface area (Å²) in [6, 6.07) is 1.47. The largest absolute Gasteiger partial charge is 0.329 e. The maximum absolute atomic E-state index is 5.92. The molecule has 2 rings (SSSR count). The molecule has 0 spiro atoms. The molecule has 14 heavy (non-hydrogen) atoms. The average molecular weight is 196 g/mol. The fourth-order valence-electron chi connectivity index (χ4n) is 2.87. The van der Waals surface area contributed by atoms with Gasteiger partial charge in [-0.3, -0.25) is 4.90 Å². The van der Waals surface area contributed by atoms with E-state index in [0.717, 1.165) is 18.5 Å². The first-order valence-corrected chi connectivity index (χ1v) is 6.28. The first kappa shape index (κ1) is 10.4. The van der Waals surface area contributed by atoms with Crippen molar-refractivity contribution >= 4 is 0 Å². The van der Waals surface area contributed by atoms with Crippen LogP contribution in [0.15, 0.2) is 0 Å². The van der Waals surface area contributed by atoms with Crippen molar-refractivity contribution in [2.45, 2.75) is 57.5 Å². The van der Waals surface area contributed by atoms with Gasteiger partial charge in [0.05, 0.1) is 0 Å². The zero-order valence-corrected chi connectivity index (χ0v) is 9.41. The van der Waals surface area contributed by atoms with Crippen molar-refractivity contribution in [2.75, 3.05) is 13.1 Å². The van der Waals surface area contributed by atoms with Crippen LogP contribution >= 0.6 is 0 Å². The Morgan fingerprint density at radius 3 is 2.64 bits per heavy atom. The molecule has 1 aliphatic carbocycles. The van der Waals surface area contributed by atoms with Crippen LogP contribution < -0.4 is 5.73 Å². The van der Waals surface area contributed by atoms with Gasteiger partial charge in [-0.1, -0.05) is 12.8 Å². The molecule has 2 unspecified atom stereocenters. The van der Waals surface area contributed by atoms with E-state index in [2.05, 4.69) is 11.8 Å². The normalized spacial score (nSPS) is 32.6. The number of hydrogen-bond donors (Lipinski definition) is 1. The summed E-state index contributed by atoms with van der Waals surface area (Å²) in [5.74, 6) is 0.931. The second kappa shape index (κ2) is 4.63. The Balaban J connectivity index is 1.96. The molecular weight excluding hydrogens is 172 g/mol. The predicted molar refractivity (Wildman–Crippen MR) is 60.2 cm³/mol. The van der Waals surface area contributed by atoms with Crippen molar-refractivity contribution in [3.05, 3.63) is 0 Å². The first-order chi connectivity index (χ1) is 6.83. The molecule has 1 aliphatic heterocycles. The lowest BCUT2D eigenvalue weighted by Crippen LogP contribution is -2.46. The number of likely N-dealkylation sites (tertiary alicyclic amines) is 1. The zero-order valence-electron chi connectivity index (χ0n) is 9.41. The second-order valence-corrected chi connectivity index (χ2v) is 5.08. The summed E-state index contributed by atoms with van der Waals surface area (Å²) >= 11 is 0. The van der Waals surface area contributed by atoms with E-state index < -0.39 is 0 Å². The Kier molecular flexibility index (Phi) is 3.45. The molecule has 1 saturated heterocycles. The van der Waals surface area contributed by atoms with Crippen molar-refractivity contribution in [3.8, 4) is 0 Å². The number of nitrogens with zero attached hydrogens (tertiary/aromatic N) is 1. The quantitative estimate of drug-likeness (QED) is 0.748. The van der Waals surface area contributed by atoms with Gasteiger partial charge >= 0.3 is 0 Å².